The number of para-hydroxylation sites is 2. The fourth-order valence-corrected chi connectivity index (χ4v) is 4.19. The quantitative estimate of drug-likeness (QED) is 0.113. The van der Waals surface area contributed by atoms with Crippen LogP contribution in [-0.4, -0.2) is 28.5 Å². The van der Waals surface area contributed by atoms with Gasteiger partial charge in [0.25, 0.3) is 5.91 Å². The van der Waals surface area contributed by atoms with Crippen LogP contribution in [0, 0.1) is 0 Å². The molecule has 7 heteroatoms. The first-order valence-electron chi connectivity index (χ1n) is 13.3. The van der Waals surface area contributed by atoms with Crippen molar-refractivity contribution in [3.05, 3.63) is 145 Å². The number of amides is 1. The number of rotatable bonds is 12. The van der Waals surface area contributed by atoms with E-state index in [9.17, 15) is 4.79 Å². The molecule has 7 nitrogen and oxygen atoms in total. The van der Waals surface area contributed by atoms with E-state index in [1.165, 1.54) is 0 Å². The van der Waals surface area contributed by atoms with Crippen molar-refractivity contribution in [2.75, 3.05) is 6.61 Å². The largest absolute Gasteiger partial charge is 0.489 e. The minimum absolute atomic E-state index is 0.161. The zero-order valence-electron chi connectivity index (χ0n) is 22.5. The Labute approximate surface area is 239 Å². The second kappa shape index (κ2) is 13.6. The Balaban J connectivity index is 1.29. The van der Waals surface area contributed by atoms with Crippen LogP contribution in [0.25, 0.3) is 16.9 Å². The van der Waals surface area contributed by atoms with Crippen molar-refractivity contribution < 1.29 is 14.3 Å². The predicted octanol–water partition coefficient (Wildman–Crippen LogP) is 6.38. The molecule has 5 aromatic rings. The van der Waals surface area contributed by atoms with E-state index >= 15 is 0 Å². The molecular weight excluding hydrogens is 512 g/mol. The molecule has 0 atom stereocenters. The summed E-state index contributed by atoms with van der Waals surface area (Å²) in [6.07, 6.45) is 5.92. The van der Waals surface area contributed by atoms with Crippen LogP contribution in [0.2, 0.25) is 0 Å². The molecule has 0 fully saturated rings. The van der Waals surface area contributed by atoms with Gasteiger partial charge in [0.15, 0.2) is 6.61 Å². The summed E-state index contributed by atoms with van der Waals surface area (Å²) in [5, 5.41) is 9.00. The van der Waals surface area contributed by atoms with Crippen molar-refractivity contribution in [1.82, 2.24) is 15.2 Å². The molecule has 1 aromatic heterocycles. The standard InChI is InChI=1S/C34H30N4O3/c1-2-11-27-14-9-10-17-32(27)41-25-33(39)36-35-22-29-23-38(30-15-7-4-8-16-30)37-34(29)28-18-20-31(21-19-28)40-24-26-12-5-3-6-13-26/h2-10,12-23H,1,11,24-25H2,(H,36,39). The number of hydrazone groups is 1. The molecule has 0 unspecified atom stereocenters. The zero-order valence-corrected chi connectivity index (χ0v) is 22.5. The summed E-state index contributed by atoms with van der Waals surface area (Å²) in [5.74, 6) is 1.04. The molecule has 0 saturated heterocycles. The molecule has 0 saturated carbocycles. The number of hydrogen-bond acceptors (Lipinski definition) is 5. The molecule has 0 aliphatic rings. The van der Waals surface area contributed by atoms with Gasteiger partial charge in [-0.3, -0.25) is 4.79 Å². The first-order valence-corrected chi connectivity index (χ1v) is 13.3. The van der Waals surface area contributed by atoms with E-state index in [0.717, 1.165) is 39.4 Å². The molecule has 0 spiro atoms. The average Bonchev–Trinajstić information content (AvgIpc) is 3.45. The van der Waals surface area contributed by atoms with Gasteiger partial charge >= 0.3 is 0 Å². The van der Waals surface area contributed by atoms with E-state index in [0.29, 0.717) is 18.8 Å². The lowest BCUT2D eigenvalue weighted by Gasteiger charge is -2.09. The monoisotopic (exact) mass is 542 g/mol. The number of ether oxygens (including phenoxy) is 2. The van der Waals surface area contributed by atoms with Gasteiger partial charge in [0.05, 0.1) is 11.9 Å². The maximum Gasteiger partial charge on any atom is 0.277 e. The zero-order chi connectivity index (χ0) is 28.3. The number of nitrogens with zero attached hydrogens (tertiary/aromatic N) is 3. The molecule has 5 rings (SSSR count). The van der Waals surface area contributed by atoms with Crippen LogP contribution in [0.3, 0.4) is 0 Å². The van der Waals surface area contributed by atoms with E-state index in [1.807, 2.05) is 115 Å². The topological polar surface area (TPSA) is 77.7 Å². The first kappa shape index (κ1) is 27.1. The highest BCUT2D eigenvalue weighted by molar-refractivity contribution is 5.89. The Hall–Kier alpha value is -5.43. The Morgan fingerprint density at radius 1 is 0.878 bits per heavy atom. The van der Waals surface area contributed by atoms with Crippen LogP contribution in [0.4, 0.5) is 0 Å². The molecule has 0 aliphatic heterocycles. The molecular formula is C34H30N4O3. The van der Waals surface area contributed by atoms with Crippen molar-refractivity contribution in [1.29, 1.82) is 0 Å². The van der Waals surface area contributed by atoms with Gasteiger partial charge in [0.2, 0.25) is 0 Å². The fourth-order valence-electron chi connectivity index (χ4n) is 4.19. The SMILES string of the molecule is C=CCc1ccccc1OCC(=O)NN=Cc1cn(-c2ccccc2)nc1-c1ccc(OCc2ccccc2)cc1. The van der Waals surface area contributed by atoms with E-state index < -0.39 is 0 Å². The lowest BCUT2D eigenvalue weighted by Crippen LogP contribution is -2.24. The van der Waals surface area contributed by atoms with E-state index in [-0.39, 0.29) is 12.5 Å². The lowest BCUT2D eigenvalue weighted by molar-refractivity contribution is -0.123. The summed E-state index contributed by atoms with van der Waals surface area (Å²) < 4.78 is 13.4. The Bertz CT molecular complexity index is 1610. The Morgan fingerprint density at radius 2 is 1.59 bits per heavy atom. The Kier molecular flexibility index (Phi) is 8.99. The van der Waals surface area contributed by atoms with Gasteiger partial charge in [-0.15, -0.1) is 6.58 Å². The van der Waals surface area contributed by atoms with E-state index in [1.54, 1.807) is 17.0 Å². The number of allylic oxidation sites excluding steroid dienone is 1. The summed E-state index contributed by atoms with van der Waals surface area (Å²) in [7, 11) is 0. The predicted molar refractivity (Wildman–Crippen MR) is 161 cm³/mol. The van der Waals surface area contributed by atoms with Gasteiger partial charge in [-0.2, -0.15) is 10.2 Å². The third-order valence-electron chi connectivity index (χ3n) is 6.23. The highest BCUT2D eigenvalue weighted by atomic mass is 16.5. The molecule has 0 aliphatic carbocycles. The smallest absolute Gasteiger partial charge is 0.277 e. The normalized spacial score (nSPS) is 10.8. The van der Waals surface area contributed by atoms with Crippen LogP contribution < -0.4 is 14.9 Å². The van der Waals surface area contributed by atoms with Crippen LogP contribution in [0.1, 0.15) is 16.7 Å². The molecule has 1 heterocycles. The third-order valence-corrected chi connectivity index (χ3v) is 6.23. The molecule has 1 N–H and O–H groups in total. The van der Waals surface area contributed by atoms with E-state index in [2.05, 4.69) is 17.1 Å². The highest BCUT2D eigenvalue weighted by Gasteiger charge is 2.12. The van der Waals surface area contributed by atoms with Crippen molar-refractivity contribution in [2.45, 2.75) is 13.0 Å². The number of aromatic nitrogens is 2. The molecule has 0 bridgehead atoms. The fraction of sp³-hybridized carbons (Fsp3) is 0.0882. The van der Waals surface area contributed by atoms with Gasteiger partial charge in [-0.05, 0) is 60.0 Å². The van der Waals surface area contributed by atoms with Crippen molar-refractivity contribution in [2.24, 2.45) is 5.10 Å². The van der Waals surface area contributed by atoms with Gasteiger partial charge in [0.1, 0.15) is 23.8 Å². The first-order chi connectivity index (χ1) is 20.2. The third kappa shape index (κ3) is 7.36. The van der Waals surface area contributed by atoms with Gasteiger partial charge in [0, 0.05) is 17.3 Å². The molecule has 41 heavy (non-hydrogen) atoms. The summed E-state index contributed by atoms with van der Waals surface area (Å²) in [6, 6.07) is 35.2. The van der Waals surface area contributed by atoms with Crippen LogP contribution in [-0.2, 0) is 17.8 Å². The minimum atomic E-state index is -0.369. The molecule has 4 aromatic carbocycles. The Morgan fingerprint density at radius 3 is 2.34 bits per heavy atom. The molecule has 1 amide bonds. The van der Waals surface area contributed by atoms with Crippen molar-refractivity contribution in [3.63, 3.8) is 0 Å². The second-order valence-electron chi connectivity index (χ2n) is 9.19. The summed E-state index contributed by atoms with van der Waals surface area (Å²) in [4.78, 5) is 12.5. The minimum Gasteiger partial charge on any atom is -0.489 e. The van der Waals surface area contributed by atoms with Crippen molar-refractivity contribution >= 4 is 12.1 Å². The van der Waals surface area contributed by atoms with Crippen molar-refractivity contribution in [3.8, 4) is 28.4 Å². The molecule has 204 valence electrons. The number of benzene rings is 4. The molecule has 0 radical (unpaired) electrons. The maximum absolute atomic E-state index is 12.5. The summed E-state index contributed by atoms with van der Waals surface area (Å²) in [6.45, 7) is 4.10. The maximum atomic E-state index is 12.5. The van der Waals surface area contributed by atoms with Gasteiger partial charge < -0.3 is 9.47 Å². The lowest BCUT2D eigenvalue weighted by atomic mass is 10.1. The number of carbonyl (C=O) groups is 1. The summed E-state index contributed by atoms with van der Waals surface area (Å²) >= 11 is 0. The number of nitrogens with one attached hydrogen (secondary N) is 1. The van der Waals surface area contributed by atoms with E-state index in [4.69, 9.17) is 14.6 Å². The van der Waals surface area contributed by atoms with Gasteiger partial charge in [-0.1, -0.05) is 72.8 Å². The summed E-state index contributed by atoms with van der Waals surface area (Å²) in [5.41, 5.74) is 7.88. The van der Waals surface area contributed by atoms with Gasteiger partial charge in [-0.25, -0.2) is 10.1 Å². The second-order valence-corrected chi connectivity index (χ2v) is 9.19. The number of hydrogen-bond donors (Lipinski definition) is 1. The van der Waals surface area contributed by atoms with Crippen LogP contribution in [0.5, 0.6) is 11.5 Å². The highest BCUT2D eigenvalue weighted by Crippen LogP contribution is 2.25. The average molecular weight is 543 g/mol. The van der Waals surface area contributed by atoms with Crippen LogP contribution in [0.15, 0.2) is 133 Å². The number of carbonyl (C=O) groups excluding carboxylic acids is 1. The van der Waals surface area contributed by atoms with Crippen LogP contribution >= 0.6 is 0 Å².